The molecule has 18 heavy (non-hydrogen) atoms. The maximum Gasteiger partial charge on any atom is 0.246 e. The Morgan fingerprint density at radius 2 is 1.94 bits per heavy atom. The molecule has 0 fully saturated rings. The zero-order chi connectivity index (χ0) is 13.2. The van der Waals surface area contributed by atoms with Crippen molar-refractivity contribution in [3.05, 3.63) is 28.5 Å². The van der Waals surface area contributed by atoms with Crippen molar-refractivity contribution in [2.75, 3.05) is 13.1 Å². The van der Waals surface area contributed by atoms with Crippen LogP contribution in [0, 0.1) is 0 Å². The van der Waals surface area contributed by atoms with Gasteiger partial charge in [-0.15, -0.1) is 11.3 Å². The zero-order valence-corrected chi connectivity index (χ0v) is 12.2. The van der Waals surface area contributed by atoms with Crippen molar-refractivity contribution in [2.45, 2.75) is 39.5 Å². The molecule has 2 nitrogen and oxygen atoms in total. The van der Waals surface area contributed by atoms with Crippen molar-refractivity contribution in [1.82, 2.24) is 4.90 Å². The maximum atomic E-state index is 12.1. The third-order valence-corrected chi connectivity index (χ3v) is 3.65. The van der Waals surface area contributed by atoms with Crippen molar-refractivity contribution in [1.29, 1.82) is 0 Å². The monoisotopic (exact) mass is 265 g/mol. The summed E-state index contributed by atoms with van der Waals surface area (Å²) in [5.74, 6) is 0.144. The third-order valence-electron chi connectivity index (χ3n) is 2.81. The van der Waals surface area contributed by atoms with Crippen LogP contribution >= 0.6 is 11.3 Å². The average Bonchev–Trinajstić information content (AvgIpc) is 2.89. The van der Waals surface area contributed by atoms with Gasteiger partial charge in [-0.05, 0) is 30.4 Å². The Morgan fingerprint density at radius 1 is 1.28 bits per heavy atom. The predicted octanol–water partition coefficient (Wildman–Crippen LogP) is 4.19. The summed E-state index contributed by atoms with van der Waals surface area (Å²) in [5, 5.41) is 2.02. The SMILES string of the molecule is CCCCN(CCCC)C(=O)/C=C/c1cccs1. The molecule has 1 amide bonds. The highest BCUT2D eigenvalue weighted by Crippen LogP contribution is 2.11. The lowest BCUT2D eigenvalue weighted by atomic mass is 10.2. The first-order chi connectivity index (χ1) is 8.77. The fraction of sp³-hybridized carbons (Fsp3) is 0.533. The van der Waals surface area contributed by atoms with Crippen LogP contribution in [0.15, 0.2) is 23.6 Å². The van der Waals surface area contributed by atoms with Crippen LogP contribution in [0.4, 0.5) is 0 Å². The Bertz CT molecular complexity index is 349. The van der Waals surface area contributed by atoms with E-state index in [1.165, 1.54) is 0 Å². The van der Waals surface area contributed by atoms with Gasteiger partial charge in [0.2, 0.25) is 5.91 Å². The van der Waals surface area contributed by atoms with E-state index in [2.05, 4.69) is 13.8 Å². The van der Waals surface area contributed by atoms with Gasteiger partial charge in [0.15, 0.2) is 0 Å². The molecule has 0 bridgehead atoms. The van der Waals surface area contributed by atoms with Crippen molar-refractivity contribution in [3.8, 4) is 0 Å². The van der Waals surface area contributed by atoms with Crippen LogP contribution in [0.5, 0.6) is 0 Å². The van der Waals surface area contributed by atoms with Crippen LogP contribution in [0.2, 0.25) is 0 Å². The van der Waals surface area contributed by atoms with Crippen LogP contribution in [0.25, 0.3) is 6.08 Å². The smallest absolute Gasteiger partial charge is 0.246 e. The molecule has 0 saturated heterocycles. The number of thiophene rings is 1. The molecule has 0 aliphatic carbocycles. The van der Waals surface area contributed by atoms with Crippen LogP contribution in [-0.2, 0) is 4.79 Å². The highest BCUT2D eigenvalue weighted by molar-refractivity contribution is 7.10. The van der Waals surface area contributed by atoms with Gasteiger partial charge in [-0.2, -0.15) is 0 Å². The van der Waals surface area contributed by atoms with E-state index in [0.717, 1.165) is 43.6 Å². The summed E-state index contributed by atoms with van der Waals surface area (Å²) in [5.41, 5.74) is 0. The molecule has 1 heterocycles. The van der Waals surface area contributed by atoms with Crippen LogP contribution in [0.3, 0.4) is 0 Å². The molecular formula is C15H23NOS. The van der Waals surface area contributed by atoms with Crippen molar-refractivity contribution >= 4 is 23.3 Å². The van der Waals surface area contributed by atoms with E-state index in [1.807, 2.05) is 28.5 Å². The predicted molar refractivity (Wildman–Crippen MR) is 79.7 cm³/mol. The quantitative estimate of drug-likeness (QED) is 0.645. The Hall–Kier alpha value is -1.09. The number of unbranched alkanes of at least 4 members (excludes halogenated alkanes) is 2. The highest BCUT2D eigenvalue weighted by Gasteiger charge is 2.08. The summed E-state index contributed by atoms with van der Waals surface area (Å²) < 4.78 is 0. The van der Waals surface area contributed by atoms with Crippen molar-refractivity contribution in [2.24, 2.45) is 0 Å². The average molecular weight is 265 g/mol. The van der Waals surface area contributed by atoms with Crippen molar-refractivity contribution < 1.29 is 4.79 Å². The number of carbonyl (C=O) groups is 1. The summed E-state index contributed by atoms with van der Waals surface area (Å²) in [4.78, 5) is 15.2. The summed E-state index contributed by atoms with van der Waals surface area (Å²) >= 11 is 1.65. The van der Waals surface area contributed by atoms with Gasteiger partial charge in [0.1, 0.15) is 0 Å². The van der Waals surface area contributed by atoms with E-state index >= 15 is 0 Å². The lowest BCUT2D eigenvalue weighted by Gasteiger charge is -2.20. The Kier molecular flexibility index (Phi) is 7.42. The first-order valence-corrected chi connectivity index (χ1v) is 7.66. The molecule has 1 rings (SSSR count). The number of rotatable bonds is 8. The maximum absolute atomic E-state index is 12.1. The zero-order valence-electron chi connectivity index (χ0n) is 11.4. The van der Waals surface area contributed by atoms with Gasteiger partial charge in [-0.3, -0.25) is 4.79 Å². The molecule has 0 radical (unpaired) electrons. The second kappa shape index (κ2) is 8.92. The largest absolute Gasteiger partial charge is 0.339 e. The summed E-state index contributed by atoms with van der Waals surface area (Å²) in [7, 11) is 0. The van der Waals surface area contributed by atoms with Crippen LogP contribution < -0.4 is 0 Å². The Labute approximate surface area is 114 Å². The van der Waals surface area contributed by atoms with E-state index in [4.69, 9.17) is 0 Å². The molecule has 0 aliphatic rings. The van der Waals surface area contributed by atoms with E-state index in [9.17, 15) is 4.79 Å². The van der Waals surface area contributed by atoms with Gasteiger partial charge < -0.3 is 4.90 Å². The molecule has 100 valence electrons. The van der Waals surface area contributed by atoms with Gasteiger partial charge in [-0.1, -0.05) is 32.8 Å². The highest BCUT2D eigenvalue weighted by atomic mass is 32.1. The number of hydrogen-bond acceptors (Lipinski definition) is 2. The normalized spacial score (nSPS) is 11.0. The topological polar surface area (TPSA) is 20.3 Å². The number of amides is 1. The molecule has 0 atom stereocenters. The number of nitrogens with zero attached hydrogens (tertiary/aromatic N) is 1. The number of carbonyl (C=O) groups excluding carboxylic acids is 1. The van der Waals surface area contributed by atoms with Gasteiger partial charge in [0.25, 0.3) is 0 Å². The van der Waals surface area contributed by atoms with Crippen LogP contribution in [-0.4, -0.2) is 23.9 Å². The van der Waals surface area contributed by atoms with Crippen LogP contribution in [0.1, 0.15) is 44.4 Å². The second-order valence-electron chi connectivity index (χ2n) is 4.38. The summed E-state index contributed by atoms with van der Waals surface area (Å²) in [6.45, 7) is 6.07. The minimum absolute atomic E-state index is 0.144. The minimum Gasteiger partial charge on any atom is -0.339 e. The Morgan fingerprint density at radius 3 is 2.44 bits per heavy atom. The lowest BCUT2D eigenvalue weighted by molar-refractivity contribution is -0.126. The fourth-order valence-corrected chi connectivity index (χ4v) is 2.29. The van der Waals surface area contributed by atoms with Gasteiger partial charge in [-0.25, -0.2) is 0 Å². The van der Waals surface area contributed by atoms with E-state index in [1.54, 1.807) is 17.4 Å². The molecule has 0 unspecified atom stereocenters. The lowest BCUT2D eigenvalue weighted by Crippen LogP contribution is -2.31. The summed E-state index contributed by atoms with van der Waals surface area (Å²) in [6.07, 6.45) is 8.05. The summed E-state index contributed by atoms with van der Waals surface area (Å²) in [6, 6.07) is 4.03. The first kappa shape index (κ1) is 15.0. The fourth-order valence-electron chi connectivity index (χ4n) is 1.68. The molecule has 3 heteroatoms. The molecular weight excluding hydrogens is 242 g/mol. The van der Waals surface area contributed by atoms with Gasteiger partial charge in [0, 0.05) is 24.0 Å². The number of hydrogen-bond donors (Lipinski definition) is 0. The van der Waals surface area contributed by atoms with Crippen molar-refractivity contribution in [3.63, 3.8) is 0 Å². The molecule has 1 aromatic rings. The second-order valence-corrected chi connectivity index (χ2v) is 5.36. The van der Waals surface area contributed by atoms with Gasteiger partial charge >= 0.3 is 0 Å². The van der Waals surface area contributed by atoms with E-state index in [-0.39, 0.29) is 5.91 Å². The Balaban J connectivity index is 2.51. The molecule has 0 aromatic carbocycles. The van der Waals surface area contributed by atoms with E-state index < -0.39 is 0 Å². The third kappa shape index (κ3) is 5.50. The van der Waals surface area contributed by atoms with E-state index in [0.29, 0.717) is 0 Å². The molecule has 0 spiro atoms. The standard InChI is InChI=1S/C15H23NOS/c1-3-5-11-16(12-6-4-2)15(17)10-9-14-8-7-13-18-14/h7-10,13H,3-6,11-12H2,1-2H3/b10-9+. The molecule has 0 aliphatic heterocycles. The molecule has 0 saturated carbocycles. The molecule has 0 N–H and O–H groups in total. The first-order valence-electron chi connectivity index (χ1n) is 6.78. The van der Waals surface area contributed by atoms with Gasteiger partial charge in [0.05, 0.1) is 0 Å². The minimum atomic E-state index is 0.144. The molecule has 1 aromatic heterocycles.